The van der Waals surface area contributed by atoms with Crippen LogP contribution >= 0.6 is 34.0 Å². The summed E-state index contributed by atoms with van der Waals surface area (Å²) in [4.78, 5) is 51.4. The molecule has 0 saturated heterocycles. The Labute approximate surface area is 570 Å². The molecule has 3 heterocycles. The van der Waals surface area contributed by atoms with Gasteiger partial charge in [0.15, 0.2) is 0 Å². The molecule has 24 nitrogen and oxygen atoms in total. The van der Waals surface area contributed by atoms with Gasteiger partial charge in [0.1, 0.15) is 11.5 Å². The van der Waals surface area contributed by atoms with Crippen LogP contribution in [0.5, 0.6) is 11.5 Å². The van der Waals surface area contributed by atoms with Crippen molar-refractivity contribution in [2.75, 3.05) is 5.73 Å². The molecule has 6 aromatic rings. The van der Waals surface area contributed by atoms with Gasteiger partial charge in [0, 0.05) is 100 Å². The molecule has 3 saturated carbocycles. The highest BCUT2D eigenvalue weighted by atomic mass is 32.2. The van der Waals surface area contributed by atoms with Crippen LogP contribution < -0.4 is 36.3 Å². The Morgan fingerprint density at radius 3 is 1.05 bits per heavy atom. The van der Waals surface area contributed by atoms with Crippen LogP contribution in [0.15, 0.2) is 87.9 Å². The molecule has 0 spiro atoms. The molecule has 0 unspecified atom stereocenters. The zero-order chi connectivity index (χ0) is 70.0. The number of benzene rings is 3. The maximum absolute atomic E-state index is 13.1. The predicted molar refractivity (Wildman–Crippen MR) is 371 cm³/mol. The van der Waals surface area contributed by atoms with Gasteiger partial charge in [0.25, 0.3) is 0 Å². The Hall–Kier alpha value is -6.51. The maximum atomic E-state index is 13.1. The number of nitrogens with zero attached hydrogens (tertiary/aromatic N) is 3. The number of alkyl carbamates (subject to hydrolysis) is 3. The van der Waals surface area contributed by atoms with E-state index in [1.54, 1.807) is 78.3 Å². The summed E-state index contributed by atoms with van der Waals surface area (Å²) in [5.74, 6) is 0.518. The minimum atomic E-state index is -3.98. The lowest BCUT2D eigenvalue weighted by Crippen LogP contribution is -2.40. The summed E-state index contributed by atoms with van der Waals surface area (Å²) in [5, 5.41) is 36.5. The lowest BCUT2D eigenvalue weighted by Gasteiger charge is -2.28. The first-order chi connectivity index (χ1) is 44.3. The van der Waals surface area contributed by atoms with Crippen molar-refractivity contribution in [3.63, 3.8) is 0 Å². The highest BCUT2D eigenvalue weighted by Gasteiger charge is 2.33. The van der Waals surface area contributed by atoms with Crippen LogP contribution in [0.3, 0.4) is 0 Å². The first-order valence-electron chi connectivity index (χ1n) is 31.8. The molecule has 522 valence electrons. The molecule has 11 N–H and O–H groups in total. The fraction of sp³-hybridized carbons (Fsp3) is 0.538. The molecule has 0 radical (unpaired) electrons. The first kappa shape index (κ1) is 75.9. The van der Waals surface area contributed by atoms with E-state index in [1.807, 2.05) is 41.5 Å². The quantitative estimate of drug-likeness (QED) is 0.0302. The fourth-order valence-corrected chi connectivity index (χ4v) is 18.9. The number of amides is 3. The van der Waals surface area contributed by atoms with Crippen molar-refractivity contribution in [2.24, 2.45) is 5.14 Å². The number of aromatic hydroxyl groups is 2. The normalized spacial score (nSPS) is 19.6. The first-order valence-corrected chi connectivity index (χ1v) is 38.7. The van der Waals surface area contributed by atoms with Crippen LogP contribution in [0.2, 0.25) is 0 Å². The van der Waals surface area contributed by atoms with Gasteiger partial charge in [0.2, 0.25) is 30.1 Å². The van der Waals surface area contributed by atoms with E-state index in [4.69, 9.17) is 25.1 Å². The molecule has 30 heteroatoms. The van der Waals surface area contributed by atoms with Crippen LogP contribution in [0.25, 0.3) is 31.3 Å². The second-order valence-corrected chi connectivity index (χ2v) is 35.0. The topological polar surface area (TPSA) is 373 Å². The minimum Gasteiger partial charge on any atom is -0.508 e. The predicted octanol–water partition coefficient (Wildman–Crippen LogP) is 12.7. The van der Waals surface area contributed by atoms with Gasteiger partial charge in [-0.25, -0.2) is 69.2 Å². The highest BCUT2D eigenvalue weighted by molar-refractivity contribution is 7.90. The van der Waals surface area contributed by atoms with Crippen molar-refractivity contribution in [3.05, 3.63) is 88.2 Å². The largest absolute Gasteiger partial charge is 0.508 e. The van der Waals surface area contributed by atoms with E-state index in [0.717, 1.165) is 108 Å². The number of primary sulfonamides is 1. The number of phenols is 2. The Bertz CT molecular complexity index is 3770. The number of hydrogen-bond donors (Lipinski definition) is 9. The third-order valence-electron chi connectivity index (χ3n) is 15.3. The van der Waals surface area contributed by atoms with Gasteiger partial charge < -0.3 is 46.1 Å². The van der Waals surface area contributed by atoms with Gasteiger partial charge in [-0.3, -0.25) is 0 Å². The monoisotopic (exact) mass is 1430 g/mol. The molecule has 3 fully saturated rings. The molecule has 3 aromatic heterocycles. The number of anilines is 1. The molecule has 3 aliphatic rings. The van der Waals surface area contributed by atoms with Crippen molar-refractivity contribution in [3.8, 4) is 42.8 Å². The Morgan fingerprint density at radius 2 is 0.758 bits per heavy atom. The lowest BCUT2D eigenvalue weighted by atomic mass is 9.86. The average Bonchev–Trinajstić information content (AvgIpc) is 1.79. The Balaban J connectivity index is 0.000000202. The molecule has 0 atom stereocenters. The van der Waals surface area contributed by atoms with E-state index < -0.39 is 41.1 Å². The zero-order valence-corrected chi connectivity index (χ0v) is 60.7. The number of rotatable bonds is 17. The number of phenolic OH excluding ortho intramolecular Hbond substituents is 2. The minimum absolute atomic E-state index is 0.0317. The second-order valence-electron chi connectivity index (χ2n) is 27.0. The SMILES string of the molecule is CC(C)OC(=O)NC1CCC(c2ncc(-c3ccc(N)cc3S(=O)(=O)NC(C)(C)C)s2)CC1.CC(C)OC(=O)NC1CCC(c2ncc(-c3ccc(O)cc3S(=O)(=O)NC(C)(C)C)s2)CC1.CC(C)OC(=O)NC1CCC(c2ncc(-c3ccc(O)cc3S(N)(=O)=O)s2)CC1. The summed E-state index contributed by atoms with van der Waals surface area (Å²) < 4.78 is 96.7. The summed E-state index contributed by atoms with van der Waals surface area (Å²) in [6.45, 7) is 21.6. The van der Waals surface area contributed by atoms with E-state index in [1.165, 1.54) is 64.3 Å². The molecule has 3 aliphatic carbocycles. The summed E-state index contributed by atoms with van der Waals surface area (Å²) in [6.07, 6.45) is 13.8. The summed E-state index contributed by atoms with van der Waals surface area (Å²) in [7, 11) is -11.6. The number of sulfonamides is 3. The number of aromatic nitrogens is 3. The zero-order valence-electron chi connectivity index (χ0n) is 55.8. The lowest BCUT2D eigenvalue weighted by molar-refractivity contribution is 0.108. The molecule has 9 rings (SSSR count). The average molecular weight is 1430 g/mol. The van der Waals surface area contributed by atoms with Gasteiger partial charge in [-0.1, -0.05) is 6.07 Å². The fourth-order valence-electron chi connectivity index (χ4n) is 11.3. The second kappa shape index (κ2) is 32.2. The molecule has 0 bridgehead atoms. The third kappa shape index (κ3) is 22.8. The van der Waals surface area contributed by atoms with E-state index in [-0.39, 0.29) is 98.7 Å². The van der Waals surface area contributed by atoms with Crippen LogP contribution in [-0.2, 0) is 44.3 Å². The smallest absolute Gasteiger partial charge is 0.407 e. The Kier molecular flexibility index (Phi) is 25.7. The van der Waals surface area contributed by atoms with Crippen LogP contribution in [-0.4, -0.2) is 116 Å². The van der Waals surface area contributed by atoms with E-state index in [9.17, 15) is 49.9 Å². The van der Waals surface area contributed by atoms with E-state index in [0.29, 0.717) is 27.3 Å². The summed E-state index contributed by atoms with van der Waals surface area (Å²) >= 11 is 4.41. The number of nitrogen functional groups attached to an aromatic ring is 1. The number of hydrogen-bond acceptors (Lipinski definition) is 21. The van der Waals surface area contributed by atoms with Gasteiger partial charge in [-0.05, 0) is 197 Å². The summed E-state index contributed by atoms with van der Waals surface area (Å²) in [6, 6.07) is 13.7. The van der Waals surface area contributed by atoms with Gasteiger partial charge in [-0.15, -0.1) is 34.0 Å². The van der Waals surface area contributed by atoms with Crippen molar-refractivity contribution in [2.45, 2.75) is 240 Å². The van der Waals surface area contributed by atoms with Crippen molar-refractivity contribution < 1.29 is 64.1 Å². The van der Waals surface area contributed by atoms with E-state index in [2.05, 4.69) is 40.3 Å². The van der Waals surface area contributed by atoms with Crippen molar-refractivity contribution >= 4 is 88.0 Å². The number of thiazole rings is 3. The number of carbonyl (C=O) groups is 3. The van der Waals surface area contributed by atoms with Gasteiger partial charge in [0.05, 0.1) is 62.7 Å². The van der Waals surface area contributed by atoms with Gasteiger partial charge in [-0.2, -0.15) is 0 Å². The van der Waals surface area contributed by atoms with Crippen LogP contribution in [0, 0.1) is 0 Å². The molecular weight excluding hydrogens is 1340 g/mol. The standard InChI is InChI=1S/C23H34N4O4S2.C23H33N3O5S2.C19H25N3O5S2/c1-14(2)31-22(28)26-17-9-6-15(7-10-17)21-25-13-19(32-21)18-11-8-16(24)12-20(18)33(29,30)27-23(3,4)5;1-14(2)31-22(28)25-16-8-6-15(7-9-16)21-24-13-19(32-21)18-11-10-17(27)12-20(18)33(29,30)26-23(3,4)5;1-11(2)27-19(24)22-13-5-3-12(4-6-13)18-21-10-16(28-18)15-8-7-14(23)9-17(15)29(20,25)26/h8,11-15,17,27H,6-7,9-10,24H2,1-5H3,(H,26,28);10-16,26-27H,6-9H2,1-5H3,(H,25,28);7-13,23H,3-6H2,1-2H3,(H,22,24)(H2,20,25,26). The Morgan fingerprint density at radius 1 is 0.474 bits per heavy atom. The van der Waals surface area contributed by atoms with Gasteiger partial charge >= 0.3 is 18.3 Å². The molecule has 3 aromatic carbocycles. The number of nitrogens with two attached hydrogens (primary N) is 2. The molecule has 0 aliphatic heterocycles. The number of ether oxygens (including phenoxy) is 3. The maximum Gasteiger partial charge on any atom is 0.407 e. The number of carbonyl (C=O) groups excluding carboxylic acids is 3. The molecule has 95 heavy (non-hydrogen) atoms. The molecule has 3 amide bonds. The number of nitrogens with one attached hydrogen (secondary N) is 5. The summed E-state index contributed by atoms with van der Waals surface area (Å²) in [5.41, 5.74) is 6.57. The third-order valence-corrected chi connectivity index (χ3v) is 23.4. The molecular formula is C65H92N10O14S6. The highest BCUT2D eigenvalue weighted by Crippen LogP contribution is 2.44. The van der Waals surface area contributed by atoms with E-state index >= 15 is 0 Å². The van der Waals surface area contributed by atoms with Crippen molar-refractivity contribution in [1.82, 2.24) is 40.3 Å². The van der Waals surface area contributed by atoms with Crippen LogP contribution in [0.1, 0.15) is 193 Å². The van der Waals surface area contributed by atoms with Crippen LogP contribution in [0.4, 0.5) is 20.1 Å². The van der Waals surface area contributed by atoms with Crippen molar-refractivity contribution in [1.29, 1.82) is 0 Å².